The van der Waals surface area contributed by atoms with Crippen LogP contribution in [0.3, 0.4) is 0 Å². The third kappa shape index (κ3) is 2.39. The third-order valence-electron chi connectivity index (χ3n) is 3.61. The van der Waals surface area contributed by atoms with E-state index in [0.29, 0.717) is 30.3 Å². The highest BCUT2D eigenvalue weighted by molar-refractivity contribution is 5.92. The number of benzene rings is 1. The maximum atomic E-state index is 13.0. The number of aliphatic carboxylic acids is 1. The molecule has 0 spiro atoms. The number of fused-ring (bicyclic) bond motifs is 1. The largest absolute Gasteiger partial charge is 0.480 e. The average Bonchev–Trinajstić information content (AvgIpc) is 2.95. The van der Waals surface area contributed by atoms with Gasteiger partial charge >= 0.3 is 5.97 Å². The maximum absolute atomic E-state index is 13.0. The molecule has 5 nitrogen and oxygen atoms in total. The molecule has 1 fully saturated rings. The van der Waals surface area contributed by atoms with Gasteiger partial charge in [-0.15, -0.1) is 0 Å². The quantitative estimate of drug-likeness (QED) is 0.942. The lowest BCUT2D eigenvalue weighted by Crippen LogP contribution is -2.36. The molecule has 1 atom stereocenters. The summed E-state index contributed by atoms with van der Waals surface area (Å²) in [6.07, 6.45) is -1.61. The molecule has 0 unspecified atom stereocenters. The maximum Gasteiger partial charge on any atom is 0.326 e. The van der Waals surface area contributed by atoms with Crippen molar-refractivity contribution in [1.29, 1.82) is 0 Å². The SMILES string of the molecule is O=C(O)[C@H]1CCCN1c1nc(C(F)F)nc2ccccc12. The fraction of sp³-hybridized carbons (Fsp3) is 0.357. The van der Waals surface area contributed by atoms with Gasteiger partial charge in [-0.05, 0) is 25.0 Å². The van der Waals surface area contributed by atoms with E-state index in [4.69, 9.17) is 0 Å². The second-order valence-corrected chi connectivity index (χ2v) is 4.91. The van der Waals surface area contributed by atoms with Gasteiger partial charge in [0.1, 0.15) is 11.9 Å². The Balaban J connectivity index is 2.18. The van der Waals surface area contributed by atoms with Crippen LogP contribution in [0.25, 0.3) is 10.9 Å². The number of para-hydroxylation sites is 1. The number of carbonyl (C=O) groups is 1. The van der Waals surface area contributed by atoms with Crippen LogP contribution in [-0.4, -0.2) is 33.6 Å². The molecule has 1 N–H and O–H groups in total. The zero-order valence-corrected chi connectivity index (χ0v) is 11.0. The van der Waals surface area contributed by atoms with Gasteiger partial charge in [0, 0.05) is 11.9 Å². The second kappa shape index (κ2) is 5.23. The first-order chi connectivity index (χ1) is 10.1. The molecule has 21 heavy (non-hydrogen) atoms. The van der Waals surface area contributed by atoms with Crippen molar-refractivity contribution in [2.45, 2.75) is 25.3 Å². The topological polar surface area (TPSA) is 66.3 Å². The van der Waals surface area contributed by atoms with Gasteiger partial charge in [0.05, 0.1) is 5.52 Å². The number of alkyl halides is 2. The summed E-state index contributed by atoms with van der Waals surface area (Å²) in [5.41, 5.74) is 0.397. The van der Waals surface area contributed by atoms with E-state index in [0.717, 1.165) is 0 Å². The summed E-state index contributed by atoms with van der Waals surface area (Å²) in [6.45, 7) is 0.487. The Hall–Kier alpha value is -2.31. The summed E-state index contributed by atoms with van der Waals surface area (Å²) in [5, 5.41) is 9.85. The van der Waals surface area contributed by atoms with Crippen molar-refractivity contribution in [3.63, 3.8) is 0 Å². The van der Waals surface area contributed by atoms with Crippen LogP contribution < -0.4 is 4.90 Å². The fourth-order valence-electron chi connectivity index (χ4n) is 2.67. The fourth-order valence-corrected chi connectivity index (χ4v) is 2.67. The molecular weight excluding hydrogens is 280 g/mol. The van der Waals surface area contributed by atoms with Gasteiger partial charge in [-0.3, -0.25) is 0 Å². The van der Waals surface area contributed by atoms with Gasteiger partial charge in [-0.25, -0.2) is 23.5 Å². The van der Waals surface area contributed by atoms with E-state index in [-0.39, 0.29) is 5.82 Å². The Kier molecular flexibility index (Phi) is 3.40. The summed E-state index contributed by atoms with van der Waals surface area (Å²) in [7, 11) is 0. The zero-order chi connectivity index (χ0) is 15.0. The number of carboxylic acids is 1. The molecule has 2 aromatic rings. The highest BCUT2D eigenvalue weighted by atomic mass is 19.3. The van der Waals surface area contributed by atoms with Gasteiger partial charge in [-0.1, -0.05) is 12.1 Å². The average molecular weight is 293 g/mol. The first-order valence-electron chi connectivity index (χ1n) is 6.62. The van der Waals surface area contributed by atoms with Gasteiger partial charge in [0.25, 0.3) is 6.43 Å². The van der Waals surface area contributed by atoms with E-state index in [1.54, 1.807) is 29.2 Å². The molecular formula is C14H13F2N3O2. The molecule has 0 amide bonds. The van der Waals surface area contributed by atoms with Gasteiger partial charge in [-0.2, -0.15) is 0 Å². The highest BCUT2D eigenvalue weighted by Crippen LogP contribution is 2.31. The molecule has 1 aliphatic rings. The molecule has 0 bridgehead atoms. The minimum Gasteiger partial charge on any atom is -0.480 e. The van der Waals surface area contributed by atoms with Crippen LogP contribution in [0, 0.1) is 0 Å². The number of carboxylic acid groups (broad SMARTS) is 1. The van der Waals surface area contributed by atoms with Crippen molar-refractivity contribution < 1.29 is 18.7 Å². The Labute approximate surface area is 119 Å². The zero-order valence-electron chi connectivity index (χ0n) is 11.0. The van der Waals surface area contributed by atoms with E-state index in [1.165, 1.54) is 0 Å². The summed E-state index contributed by atoms with van der Waals surface area (Å²) in [5.74, 6) is -1.26. The van der Waals surface area contributed by atoms with Crippen molar-refractivity contribution in [3.8, 4) is 0 Å². The smallest absolute Gasteiger partial charge is 0.326 e. The Morgan fingerprint density at radius 1 is 1.33 bits per heavy atom. The lowest BCUT2D eigenvalue weighted by Gasteiger charge is -2.24. The van der Waals surface area contributed by atoms with Crippen molar-refractivity contribution in [3.05, 3.63) is 30.1 Å². The summed E-state index contributed by atoms with van der Waals surface area (Å²) < 4.78 is 25.9. The first-order valence-corrected chi connectivity index (χ1v) is 6.62. The Morgan fingerprint density at radius 3 is 2.81 bits per heavy atom. The van der Waals surface area contributed by atoms with Crippen molar-refractivity contribution in [2.24, 2.45) is 0 Å². The van der Waals surface area contributed by atoms with E-state index < -0.39 is 24.3 Å². The minimum absolute atomic E-state index is 0.279. The molecule has 110 valence electrons. The lowest BCUT2D eigenvalue weighted by molar-refractivity contribution is -0.138. The first kappa shape index (κ1) is 13.7. The summed E-state index contributed by atoms with van der Waals surface area (Å²) in [4.78, 5) is 20.6. The highest BCUT2D eigenvalue weighted by Gasteiger charge is 2.33. The predicted molar refractivity (Wildman–Crippen MR) is 72.5 cm³/mol. The van der Waals surface area contributed by atoms with Crippen LogP contribution in [0.1, 0.15) is 25.1 Å². The molecule has 0 radical (unpaired) electrons. The van der Waals surface area contributed by atoms with Crippen LogP contribution in [0.4, 0.5) is 14.6 Å². The number of halogens is 2. The molecule has 7 heteroatoms. The molecule has 1 aromatic carbocycles. The molecule has 0 aliphatic carbocycles. The molecule has 1 aromatic heterocycles. The van der Waals surface area contributed by atoms with Crippen LogP contribution in [-0.2, 0) is 4.79 Å². The van der Waals surface area contributed by atoms with Crippen LogP contribution in [0.2, 0.25) is 0 Å². The minimum atomic E-state index is -2.79. The van der Waals surface area contributed by atoms with Gasteiger partial charge in [0.15, 0.2) is 5.82 Å². The second-order valence-electron chi connectivity index (χ2n) is 4.91. The summed E-state index contributed by atoms with van der Waals surface area (Å²) in [6, 6.07) is 6.07. The van der Waals surface area contributed by atoms with Crippen LogP contribution >= 0.6 is 0 Å². The predicted octanol–water partition coefficient (Wildman–Crippen LogP) is 2.62. The lowest BCUT2D eigenvalue weighted by atomic mass is 10.2. The van der Waals surface area contributed by atoms with Crippen molar-refractivity contribution in [1.82, 2.24) is 9.97 Å². The van der Waals surface area contributed by atoms with Crippen molar-refractivity contribution in [2.75, 3.05) is 11.4 Å². The summed E-state index contributed by atoms with van der Waals surface area (Å²) >= 11 is 0. The molecule has 2 heterocycles. The van der Waals surface area contributed by atoms with Crippen molar-refractivity contribution >= 4 is 22.7 Å². The molecule has 1 saturated heterocycles. The van der Waals surface area contributed by atoms with E-state index in [1.807, 2.05) is 0 Å². The molecule has 0 saturated carbocycles. The molecule has 3 rings (SSSR count). The Bertz CT molecular complexity index is 693. The van der Waals surface area contributed by atoms with Gasteiger partial charge in [0.2, 0.25) is 0 Å². The van der Waals surface area contributed by atoms with Crippen LogP contribution in [0.15, 0.2) is 24.3 Å². The van der Waals surface area contributed by atoms with E-state index >= 15 is 0 Å². The monoisotopic (exact) mass is 293 g/mol. The number of hydrogen-bond donors (Lipinski definition) is 1. The van der Waals surface area contributed by atoms with E-state index in [2.05, 4.69) is 9.97 Å². The Morgan fingerprint density at radius 2 is 2.10 bits per heavy atom. The van der Waals surface area contributed by atoms with Crippen LogP contribution in [0.5, 0.6) is 0 Å². The van der Waals surface area contributed by atoms with E-state index in [9.17, 15) is 18.7 Å². The number of anilines is 1. The molecule has 1 aliphatic heterocycles. The third-order valence-corrected chi connectivity index (χ3v) is 3.61. The van der Waals surface area contributed by atoms with Gasteiger partial charge < -0.3 is 10.0 Å². The normalized spacial score (nSPS) is 18.6. The number of rotatable bonds is 3. The number of aromatic nitrogens is 2. The standard InChI is InChI=1S/C14H13F2N3O2/c15-11(16)12-17-9-5-2-1-4-8(9)13(18-12)19-7-3-6-10(19)14(20)21/h1-2,4-5,10-11H,3,6-7H2,(H,20,21)/t10-/m1/s1. The number of nitrogens with zero attached hydrogens (tertiary/aromatic N) is 3. The number of hydrogen-bond acceptors (Lipinski definition) is 4.